The van der Waals surface area contributed by atoms with Crippen molar-refractivity contribution in [1.82, 2.24) is 45.7 Å². The number of aryl methyl sites for hydroxylation is 1. The number of carbonyl (C=O) groups excluding carboxylic acids is 3. The van der Waals surface area contributed by atoms with E-state index in [1.165, 1.54) is 29.2 Å². The Morgan fingerprint density at radius 3 is 2.39 bits per heavy atom. The maximum atomic E-state index is 17.1. The number of aromatic hydroxyl groups is 1. The molecule has 5 aliphatic rings. The number of thiazole rings is 1. The minimum atomic E-state index is -1.98. The molecule has 1 aliphatic carbocycles. The molecule has 6 aromatic rings. The number of aliphatic hydroxyl groups excluding tert-OH is 1. The molecule has 4 aliphatic heterocycles. The van der Waals surface area contributed by atoms with Crippen LogP contribution >= 0.6 is 11.3 Å². The zero-order valence-corrected chi connectivity index (χ0v) is 49.5. The molecule has 0 spiro atoms. The first-order chi connectivity index (χ1) is 40.8. The van der Waals surface area contributed by atoms with Crippen molar-refractivity contribution in [2.24, 2.45) is 5.41 Å². The maximum Gasteiger partial charge on any atom is 0.319 e. The van der Waals surface area contributed by atoms with E-state index in [9.17, 15) is 29.0 Å². The molecule has 5 N–H and O–H groups in total. The predicted octanol–water partition coefficient (Wildman–Crippen LogP) is 9.06. The van der Waals surface area contributed by atoms with Crippen molar-refractivity contribution >= 4 is 56.6 Å². The van der Waals surface area contributed by atoms with Gasteiger partial charge in [0.05, 0.1) is 34.9 Å². The Bertz CT molecular complexity index is 3510. The van der Waals surface area contributed by atoms with Gasteiger partial charge in [-0.2, -0.15) is 9.97 Å². The molecular formula is C64H75F3N10O7S. The molecule has 2 unspecified atom stereocenters. The number of unbranched alkanes of at least 4 members (excludes halogenated alkanes) is 5. The summed E-state index contributed by atoms with van der Waals surface area (Å²) in [6, 6.07) is 9.88. The average Bonchev–Trinajstić information content (AvgIpc) is 2.80. The molecule has 11 rings (SSSR count). The molecular weight excluding hydrogens is 1110 g/mol. The monoisotopic (exact) mass is 1180 g/mol. The lowest BCUT2D eigenvalue weighted by Crippen LogP contribution is -2.59. The Morgan fingerprint density at radius 1 is 0.941 bits per heavy atom. The van der Waals surface area contributed by atoms with Crippen molar-refractivity contribution in [3.05, 3.63) is 81.8 Å². The number of amides is 3. The number of hydrogen-bond donors (Lipinski definition) is 5. The smallest absolute Gasteiger partial charge is 0.319 e. The second-order valence-electron chi connectivity index (χ2n) is 24.8. The standard InChI is InChI=1S/C64H75F3N10O7S/c1-6-46-49(65)18-15-38-27-43(78)29-47(52(38)46)55-53(66)56-48(32-68-55)58(76-33-41-16-17-42(34-76)71-41)74-62(72-56)84-45-19-24-75(25-20-45)23-11-9-7-8-10-12-26-83-51-28-39(54-37(2)85-36-70-54)13-14-40(51)31-69-59(80)50-30-44(79)35-77(50)60(81)57(63(3,4)5)73-61(82)64(67)21-22-64/h1,13-15,18,27-29,32,36,41-42,44-45,50,57,71,78-79H,7-12,16-17,19-26,30-31,33-35H2,2-5H3,(H,69,80)(H,73,82)/t41?,42?,44-,50+,57-/m1/s1. The second-order valence-corrected chi connectivity index (χ2v) is 25.8. The van der Waals surface area contributed by atoms with Crippen molar-refractivity contribution in [2.45, 2.75) is 160 Å². The zero-order valence-electron chi connectivity index (χ0n) is 48.7. The van der Waals surface area contributed by atoms with E-state index in [0.29, 0.717) is 42.0 Å². The summed E-state index contributed by atoms with van der Waals surface area (Å²) in [5.74, 6) is 0.216. The van der Waals surface area contributed by atoms with E-state index in [1.54, 1.807) is 43.8 Å². The third-order valence-electron chi connectivity index (χ3n) is 17.4. The van der Waals surface area contributed by atoms with Crippen LogP contribution in [0.1, 0.15) is 120 Å². The highest BCUT2D eigenvalue weighted by Crippen LogP contribution is 2.42. The summed E-state index contributed by atoms with van der Waals surface area (Å²) in [6.07, 6.45) is 16.1. The Labute approximate surface area is 497 Å². The third-order valence-corrected chi connectivity index (χ3v) is 18.2. The number of phenols is 1. The lowest BCUT2D eigenvalue weighted by Gasteiger charge is -2.35. The van der Waals surface area contributed by atoms with E-state index in [-0.39, 0.29) is 90.0 Å². The summed E-state index contributed by atoms with van der Waals surface area (Å²) >= 11 is 1.55. The number of piperidine rings is 1. The molecule has 85 heavy (non-hydrogen) atoms. The number of likely N-dealkylation sites (tertiary alicyclic amines) is 2. The topological polar surface area (TPSA) is 208 Å². The molecule has 5 atom stereocenters. The quantitative estimate of drug-likeness (QED) is 0.0337. The van der Waals surface area contributed by atoms with Crippen LogP contribution in [0.2, 0.25) is 0 Å². The summed E-state index contributed by atoms with van der Waals surface area (Å²) in [4.78, 5) is 66.4. The fourth-order valence-corrected chi connectivity index (χ4v) is 13.1. The maximum absolute atomic E-state index is 17.1. The van der Waals surface area contributed by atoms with Crippen molar-refractivity contribution in [1.29, 1.82) is 0 Å². The van der Waals surface area contributed by atoms with Gasteiger partial charge in [0, 0.05) is 90.9 Å². The highest BCUT2D eigenvalue weighted by atomic mass is 32.1. The van der Waals surface area contributed by atoms with Gasteiger partial charge in [-0.1, -0.05) is 70.6 Å². The van der Waals surface area contributed by atoms with Crippen molar-refractivity contribution in [2.75, 3.05) is 50.8 Å². The minimum Gasteiger partial charge on any atom is -0.508 e. The van der Waals surface area contributed by atoms with Crippen molar-refractivity contribution in [3.63, 3.8) is 0 Å². The number of aliphatic hydroxyl groups is 1. The van der Waals surface area contributed by atoms with Crippen LogP contribution in [-0.4, -0.2) is 146 Å². The summed E-state index contributed by atoms with van der Waals surface area (Å²) in [5.41, 5.74) is 1.52. The number of phenolic OH excluding ortho intramolecular Hbond substituents is 1. The van der Waals surface area contributed by atoms with Crippen molar-refractivity contribution in [3.8, 4) is 52.4 Å². The van der Waals surface area contributed by atoms with Crippen LogP contribution in [0.5, 0.6) is 17.5 Å². The number of fused-ring (bicyclic) bond motifs is 4. The SMILES string of the molecule is C#Cc1c(F)ccc2cc(O)cc(-c3ncc4c(N5CC6CCC(C5)N6)nc(OC5CCN(CCCCCCCCOc6cc(-c7ncsc7C)ccc6CNC(=O)[C@@H]6C[C@@H](O)CN6C(=O)[C@@H](NC(=O)C6(F)CC6)C(C)(C)C)CC5)nc4c3F)c12. The van der Waals surface area contributed by atoms with Crippen molar-refractivity contribution < 1.29 is 47.2 Å². The highest BCUT2D eigenvalue weighted by Gasteiger charge is 2.53. The molecule has 17 nitrogen and oxygen atoms in total. The van der Waals surface area contributed by atoms with Crippen LogP contribution in [0.4, 0.5) is 19.0 Å². The summed E-state index contributed by atoms with van der Waals surface area (Å²) in [6.45, 7) is 11.8. The van der Waals surface area contributed by atoms with E-state index in [4.69, 9.17) is 25.9 Å². The van der Waals surface area contributed by atoms with Gasteiger partial charge in [0.25, 0.3) is 5.91 Å². The van der Waals surface area contributed by atoms with Gasteiger partial charge in [0.2, 0.25) is 11.8 Å². The summed E-state index contributed by atoms with van der Waals surface area (Å²) < 4.78 is 59.9. The van der Waals surface area contributed by atoms with Crippen LogP contribution in [-0.2, 0) is 20.9 Å². The molecule has 5 fully saturated rings. The number of piperazine rings is 1. The number of pyridine rings is 1. The number of terminal acetylenes is 1. The molecule has 3 amide bonds. The number of carbonyl (C=O) groups is 3. The minimum absolute atomic E-state index is 0.0211. The van der Waals surface area contributed by atoms with Gasteiger partial charge in [-0.25, -0.2) is 18.2 Å². The van der Waals surface area contributed by atoms with Gasteiger partial charge in [-0.05, 0) is 99.9 Å². The number of benzene rings is 3. The van der Waals surface area contributed by atoms with Gasteiger partial charge >= 0.3 is 6.01 Å². The number of ether oxygens (including phenoxy) is 2. The van der Waals surface area contributed by atoms with E-state index in [1.807, 2.05) is 25.1 Å². The van der Waals surface area contributed by atoms with E-state index in [0.717, 1.165) is 106 Å². The number of nitrogens with zero attached hydrogens (tertiary/aromatic N) is 7. The van der Waals surface area contributed by atoms with E-state index >= 15 is 8.78 Å². The Morgan fingerprint density at radius 2 is 1.68 bits per heavy atom. The molecule has 3 aromatic heterocycles. The molecule has 2 bridgehead atoms. The number of β-amino-alcohol motifs (C(OH)–C–C–N with tert-alkyl or cyclic N) is 1. The van der Waals surface area contributed by atoms with E-state index < -0.39 is 58.6 Å². The average molecular weight is 1190 g/mol. The lowest BCUT2D eigenvalue weighted by molar-refractivity contribution is -0.145. The van der Waals surface area contributed by atoms with Gasteiger partial charge in [-0.15, -0.1) is 17.8 Å². The number of nitrogens with one attached hydrogen (secondary N) is 3. The van der Waals surface area contributed by atoms with Gasteiger partial charge in [-0.3, -0.25) is 19.4 Å². The molecule has 4 saturated heterocycles. The number of aromatic nitrogens is 4. The van der Waals surface area contributed by atoms with Gasteiger partial charge < -0.3 is 50.3 Å². The molecule has 3 aromatic carbocycles. The lowest BCUT2D eigenvalue weighted by atomic mass is 9.85. The van der Waals surface area contributed by atoms with Crippen LogP contribution in [0.25, 0.3) is 44.2 Å². The third kappa shape index (κ3) is 13.2. The molecule has 7 heterocycles. The Kier molecular flexibility index (Phi) is 17.6. The molecule has 0 radical (unpaired) electrons. The predicted molar refractivity (Wildman–Crippen MR) is 320 cm³/mol. The molecule has 21 heteroatoms. The first-order valence-electron chi connectivity index (χ1n) is 29.9. The summed E-state index contributed by atoms with van der Waals surface area (Å²) in [5, 5.41) is 31.8. The Hall–Kier alpha value is -7.12. The fourth-order valence-electron chi connectivity index (χ4n) is 12.5. The zero-order chi connectivity index (χ0) is 59.7. The fraction of sp³-hybridized carbons (Fsp3) is 0.516. The summed E-state index contributed by atoms with van der Waals surface area (Å²) in [7, 11) is 0. The van der Waals surface area contributed by atoms with Crippen LogP contribution < -0.4 is 30.3 Å². The number of halogens is 3. The number of anilines is 1. The molecule has 1 saturated carbocycles. The molecule has 450 valence electrons. The van der Waals surface area contributed by atoms with Crippen LogP contribution in [0, 0.1) is 36.3 Å². The Balaban J connectivity index is 0.660. The normalized spacial score (nSPS) is 20.8. The second kappa shape index (κ2) is 25.1. The first-order valence-corrected chi connectivity index (χ1v) is 30.8. The largest absolute Gasteiger partial charge is 0.508 e. The van der Waals surface area contributed by atoms with Crippen LogP contribution in [0.15, 0.2) is 54.2 Å². The van der Waals surface area contributed by atoms with E-state index in [2.05, 4.69) is 41.6 Å². The van der Waals surface area contributed by atoms with Gasteiger partial charge in [0.1, 0.15) is 52.5 Å². The number of rotatable bonds is 21. The highest BCUT2D eigenvalue weighted by molar-refractivity contribution is 7.10. The first kappa shape index (κ1) is 59.6. The van der Waals surface area contributed by atoms with Crippen LogP contribution in [0.3, 0.4) is 0 Å². The number of alkyl halides is 1. The van der Waals surface area contributed by atoms with Gasteiger partial charge in [0.15, 0.2) is 11.5 Å². The number of hydrogen-bond acceptors (Lipinski definition) is 15.